The number of rotatable bonds is 4. The first-order valence-electron chi connectivity index (χ1n) is 4.64. The Kier molecular flexibility index (Phi) is 3.98. The Bertz CT molecular complexity index is 284. The van der Waals surface area contributed by atoms with Crippen molar-refractivity contribution in [2.24, 2.45) is 0 Å². The lowest BCUT2D eigenvalue weighted by atomic mass is 10.1. The average molecular weight is 193 g/mol. The van der Waals surface area contributed by atoms with Gasteiger partial charge in [0.05, 0.1) is 6.61 Å². The van der Waals surface area contributed by atoms with Crippen LogP contribution in [-0.4, -0.2) is 12.6 Å². The fourth-order valence-electron chi connectivity index (χ4n) is 1.15. The van der Waals surface area contributed by atoms with Crippen molar-refractivity contribution < 1.29 is 14.6 Å². The van der Waals surface area contributed by atoms with Crippen molar-refractivity contribution in [1.29, 1.82) is 0 Å². The van der Waals surface area contributed by atoms with E-state index in [-0.39, 0.29) is 24.6 Å². The minimum absolute atomic E-state index is 0.0111. The maximum atomic E-state index is 11.4. The van der Waals surface area contributed by atoms with Crippen LogP contribution in [0.1, 0.15) is 19.8 Å². The summed E-state index contributed by atoms with van der Waals surface area (Å²) in [5, 5.41) is 11.4. The number of carbonyl (C=O) groups excluding carboxylic acids is 1. The molecule has 0 aromatic heterocycles. The Labute approximate surface area is 83.4 Å². The Morgan fingerprint density at radius 2 is 2.00 bits per heavy atom. The van der Waals surface area contributed by atoms with E-state index in [0.717, 1.165) is 0 Å². The van der Waals surface area contributed by atoms with Crippen molar-refractivity contribution in [3.63, 3.8) is 0 Å². The molecule has 76 valence electrons. The second kappa shape index (κ2) is 5.27. The summed E-state index contributed by atoms with van der Waals surface area (Å²) in [4.78, 5) is 10.9. The molecule has 0 fully saturated rings. The minimum atomic E-state index is -0.313. The van der Waals surface area contributed by atoms with Crippen LogP contribution in [0.15, 0.2) is 35.6 Å². The van der Waals surface area contributed by atoms with Crippen LogP contribution < -0.4 is 5.11 Å². The smallest absolute Gasteiger partial charge is 0.306 e. The summed E-state index contributed by atoms with van der Waals surface area (Å²) in [5.41, 5.74) is 0.661. The van der Waals surface area contributed by atoms with Gasteiger partial charge in [-0.05, 0) is 18.9 Å². The molecular formula is C11H13O3-. The molecular weight excluding hydrogens is 180 g/mol. The monoisotopic (exact) mass is 193 g/mol. The van der Waals surface area contributed by atoms with Crippen LogP contribution in [0.2, 0.25) is 0 Å². The van der Waals surface area contributed by atoms with Gasteiger partial charge in [0.25, 0.3) is 0 Å². The molecule has 0 N–H and O–H groups in total. The van der Waals surface area contributed by atoms with Gasteiger partial charge in [-0.1, -0.05) is 24.3 Å². The zero-order valence-corrected chi connectivity index (χ0v) is 8.16. The standard InChI is InChI=1S/C11H14O3/c1-2-14-11(13)8-7-10(12)9-5-3-4-6-9/h3-6,12H,2,7-8H2,1H3/p-1. The molecule has 0 atom stereocenters. The fraction of sp³-hybridized carbons (Fsp3) is 0.364. The Hall–Kier alpha value is -1.51. The maximum Gasteiger partial charge on any atom is 0.306 e. The van der Waals surface area contributed by atoms with E-state index in [1.165, 1.54) is 0 Å². The molecule has 0 radical (unpaired) electrons. The first-order chi connectivity index (χ1) is 6.74. The first kappa shape index (κ1) is 10.6. The van der Waals surface area contributed by atoms with Gasteiger partial charge in [0, 0.05) is 6.42 Å². The number of hydrogen-bond acceptors (Lipinski definition) is 3. The summed E-state index contributed by atoms with van der Waals surface area (Å²) in [6, 6.07) is 0. The molecule has 3 nitrogen and oxygen atoms in total. The van der Waals surface area contributed by atoms with Crippen molar-refractivity contribution >= 4 is 5.97 Å². The van der Waals surface area contributed by atoms with Crippen molar-refractivity contribution in [3.8, 4) is 0 Å². The van der Waals surface area contributed by atoms with Crippen molar-refractivity contribution in [1.82, 2.24) is 0 Å². The summed E-state index contributed by atoms with van der Waals surface area (Å²) in [6.45, 7) is 2.11. The van der Waals surface area contributed by atoms with E-state index in [1.54, 1.807) is 31.2 Å². The SMILES string of the molecule is CCOC(=O)CCC([O-])=C1C=CC=C1. The van der Waals surface area contributed by atoms with Crippen LogP contribution >= 0.6 is 0 Å². The molecule has 0 aromatic carbocycles. The average Bonchev–Trinajstić information content (AvgIpc) is 2.67. The molecule has 0 aromatic rings. The van der Waals surface area contributed by atoms with Crippen molar-refractivity contribution in [2.75, 3.05) is 6.61 Å². The van der Waals surface area contributed by atoms with E-state index in [0.29, 0.717) is 12.2 Å². The predicted molar refractivity (Wildman–Crippen MR) is 51.2 cm³/mol. The molecule has 0 aliphatic heterocycles. The molecule has 1 aliphatic carbocycles. The predicted octanol–water partition coefficient (Wildman–Crippen LogP) is 1.07. The lowest BCUT2D eigenvalue weighted by Gasteiger charge is -2.13. The molecule has 0 amide bonds. The topological polar surface area (TPSA) is 49.4 Å². The van der Waals surface area contributed by atoms with Gasteiger partial charge in [0.15, 0.2) is 0 Å². The molecule has 14 heavy (non-hydrogen) atoms. The van der Waals surface area contributed by atoms with Gasteiger partial charge < -0.3 is 9.84 Å². The summed E-state index contributed by atoms with van der Waals surface area (Å²) in [6.07, 6.45) is 7.48. The van der Waals surface area contributed by atoms with Crippen LogP contribution in [0.4, 0.5) is 0 Å². The molecule has 0 saturated carbocycles. The third kappa shape index (κ3) is 3.09. The molecule has 0 unspecified atom stereocenters. The van der Waals surface area contributed by atoms with Crippen LogP contribution in [0.5, 0.6) is 0 Å². The molecule has 0 spiro atoms. The van der Waals surface area contributed by atoms with Gasteiger partial charge in [-0.25, -0.2) is 0 Å². The molecule has 1 aliphatic rings. The van der Waals surface area contributed by atoms with E-state index >= 15 is 0 Å². The molecule has 1 rings (SSSR count). The van der Waals surface area contributed by atoms with Gasteiger partial charge >= 0.3 is 5.97 Å². The summed E-state index contributed by atoms with van der Waals surface area (Å²) in [5.74, 6) is -0.324. The zero-order valence-electron chi connectivity index (χ0n) is 8.16. The van der Waals surface area contributed by atoms with E-state index in [9.17, 15) is 9.90 Å². The minimum Gasteiger partial charge on any atom is -0.875 e. The second-order valence-corrected chi connectivity index (χ2v) is 2.90. The van der Waals surface area contributed by atoms with Crippen LogP contribution in [0.25, 0.3) is 0 Å². The molecule has 0 bridgehead atoms. The highest BCUT2D eigenvalue weighted by Gasteiger charge is 2.01. The molecule has 3 heteroatoms. The third-order valence-corrected chi connectivity index (χ3v) is 1.85. The number of carbonyl (C=O) groups is 1. The van der Waals surface area contributed by atoms with E-state index in [2.05, 4.69) is 0 Å². The van der Waals surface area contributed by atoms with Gasteiger partial charge in [-0.3, -0.25) is 4.79 Å². The quantitative estimate of drug-likeness (QED) is 0.495. The first-order valence-corrected chi connectivity index (χ1v) is 4.64. The second-order valence-electron chi connectivity index (χ2n) is 2.90. The van der Waals surface area contributed by atoms with Crippen molar-refractivity contribution in [2.45, 2.75) is 19.8 Å². The highest BCUT2D eigenvalue weighted by atomic mass is 16.5. The zero-order chi connectivity index (χ0) is 10.4. The third-order valence-electron chi connectivity index (χ3n) is 1.85. The molecule has 0 saturated heterocycles. The number of esters is 1. The largest absolute Gasteiger partial charge is 0.875 e. The van der Waals surface area contributed by atoms with Crippen LogP contribution in [0, 0.1) is 0 Å². The van der Waals surface area contributed by atoms with E-state index in [4.69, 9.17) is 4.74 Å². The van der Waals surface area contributed by atoms with Gasteiger partial charge in [0.1, 0.15) is 0 Å². The number of ether oxygens (including phenoxy) is 1. The summed E-state index contributed by atoms with van der Waals surface area (Å²) >= 11 is 0. The highest BCUT2D eigenvalue weighted by Crippen LogP contribution is 2.13. The molecule has 0 heterocycles. The Morgan fingerprint density at radius 1 is 1.36 bits per heavy atom. The fourth-order valence-corrected chi connectivity index (χ4v) is 1.15. The van der Waals surface area contributed by atoms with Gasteiger partial charge in [-0.2, -0.15) is 0 Å². The summed E-state index contributed by atoms with van der Waals surface area (Å²) < 4.78 is 4.72. The van der Waals surface area contributed by atoms with Crippen LogP contribution in [-0.2, 0) is 9.53 Å². The Balaban J connectivity index is 2.38. The lowest BCUT2D eigenvalue weighted by Crippen LogP contribution is -2.10. The Morgan fingerprint density at radius 3 is 2.57 bits per heavy atom. The number of hydrogen-bond donors (Lipinski definition) is 0. The maximum absolute atomic E-state index is 11.4. The van der Waals surface area contributed by atoms with Gasteiger partial charge in [-0.15, -0.1) is 5.76 Å². The van der Waals surface area contributed by atoms with Crippen molar-refractivity contribution in [3.05, 3.63) is 35.6 Å². The van der Waals surface area contributed by atoms with Crippen LogP contribution in [0.3, 0.4) is 0 Å². The summed E-state index contributed by atoms with van der Waals surface area (Å²) in [7, 11) is 0. The van der Waals surface area contributed by atoms with E-state index in [1.807, 2.05) is 0 Å². The van der Waals surface area contributed by atoms with Gasteiger partial charge in [0.2, 0.25) is 0 Å². The highest BCUT2D eigenvalue weighted by molar-refractivity contribution is 5.69. The normalized spacial score (nSPS) is 13.4. The van der Waals surface area contributed by atoms with E-state index < -0.39 is 0 Å². The lowest BCUT2D eigenvalue weighted by molar-refractivity contribution is -0.307. The number of allylic oxidation sites excluding steroid dienone is 6.